The molecule has 1 amide bonds. The number of para-hydroxylation sites is 1. The molecular formula is C37H38N6O3S2. The number of pyridine rings is 1. The first-order valence-electron chi connectivity index (χ1n) is 16.2. The SMILES string of the molecule is CCCn1c(N2CCC(Cc3ccccc3)CC2)c(/C=C2\SC(=S)N(c3c(C)n(C)n(-c4ccccc4)c3=O)C2=O)c(C)c(C#N)c1=O. The van der Waals surface area contributed by atoms with Gasteiger partial charge in [-0.2, -0.15) is 5.26 Å². The number of hydrogen-bond donors (Lipinski definition) is 0. The second-order valence-electron chi connectivity index (χ2n) is 12.4. The van der Waals surface area contributed by atoms with E-state index in [1.807, 2.05) is 43.3 Å². The van der Waals surface area contributed by atoms with Gasteiger partial charge in [-0.3, -0.25) is 28.5 Å². The van der Waals surface area contributed by atoms with E-state index in [-0.39, 0.29) is 26.7 Å². The van der Waals surface area contributed by atoms with Gasteiger partial charge >= 0.3 is 0 Å². The van der Waals surface area contributed by atoms with E-state index in [0.717, 1.165) is 49.9 Å². The monoisotopic (exact) mass is 678 g/mol. The topological polar surface area (TPSA) is 96.3 Å². The van der Waals surface area contributed by atoms with Crippen molar-refractivity contribution in [3.8, 4) is 11.8 Å². The van der Waals surface area contributed by atoms with Crippen LogP contribution in [-0.4, -0.2) is 37.2 Å². The van der Waals surface area contributed by atoms with E-state index in [4.69, 9.17) is 12.2 Å². The van der Waals surface area contributed by atoms with E-state index in [1.54, 1.807) is 36.2 Å². The molecule has 2 aliphatic rings. The van der Waals surface area contributed by atoms with Gasteiger partial charge in [0.2, 0.25) is 0 Å². The Balaban J connectivity index is 1.40. The quantitative estimate of drug-likeness (QED) is 0.164. The molecular weight excluding hydrogens is 641 g/mol. The summed E-state index contributed by atoms with van der Waals surface area (Å²) >= 11 is 6.85. The first-order valence-corrected chi connectivity index (χ1v) is 17.5. The second kappa shape index (κ2) is 13.8. The molecule has 0 saturated carbocycles. The Hall–Kier alpha value is -4.66. The van der Waals surface area contributed by atoms with Crippen molar-refractivity contribution in [2.45, 2.75) is 53.0 Å². The van der Waals surface area contributed by atoms with E-state index in [9.17, 15) is 19.6 Å². The van der Waals surface area contributed by atoms with Crippen molar-refractivity contribution in [1.29, 1.82) is 5.26 Å². The first-order chi connectivity index (χ1) is 23.2. The number of carbonyl (C=O) groups excluding carboxylic acids is 1. The second-order valence-corrected chi connectivity index (χ2v) is 14.0. The number of benzene rings is 2. The number of thiocarbonyl (C=S) groups is 1. The van der Waals surface area contributed by atoms with Crippen LogP contribution in [0, 0.1) is 31.1 Å². The van der Waals surface area contributed by atoms with Gasteiger partial charge in [0.15, 0.2) is 4.32 Å². The van der Waals surface area contributed by atoms with Gasteiger partial charge in [0, 0.05) is 32.2 Å². The minimum atomic E-state index is -0.408. The van der Waals surface area contributed by atoms with Gasteiger partial charge in [0.25, 0.3) is 17.0 Å². The maximum Gasteiger partial charge on any atom is 0.296 e. The van der Waals surface area contributed by atoms with Gasteiger partial charge in [-0.05, 0) is 74.8 Å². The van der Waals surface area contributed by atoms with Crippen molar-refractivity contribution < 1.29 is 4.79 Å². The first kappa shape index (κ1) is 33.2. The highest BCUT2D eigenvalue weighted by Crippen LogP contribution is 2.39. The van der Waals surface area contributed by atoms with Crippen LogP contribution in [-0.2, 0) is 24.8 Å². The van der Waals surface area contributed by atoms with Crippen LogP contribution in [0.25, 0.3) is 11.8 Å². The highest BCUT2D eigenvalue weighted by Gasteiger charge is 2.38. The number of anilines is 2. The number of aromatic nitrogens is 3. The molecule has 4 heterocycles. The molecule has 0 N–H and O–H groups in total. The molecule has 6 rings (SSSR count). The smallest absolute Gasteiger partial charge is 0.296 e. The number of nitriles is 1. The number of thioether (sulfide) groups is 1. The minimum absolute atomic E-state index is 0.0672. The zero-order chi connectivity index (χ0) is 34.1. The predicted octanol–water partition coefficient (Wildman–Crippen LogP) is 6.10. The lowest BCUT2D eigenvalue weighted by Gasteiger charge is -2.36. The third-order valence-corrected chi connectivity index (χ3v) is 10.7. The predicted molar refractivity (Wildman–Crippen MR) is 197 cm³/mol. The number of carbonyl (C=O) groups is 1. The normalized spacial score (nSPS) is 16.3. The van der Waals surface area contributed by atoms with Crippen molar-refractivity contribution in [3.63, 3.8) is 0 Å². The molecule has 2 fully saturated rings. The fourth-order valence-electron chi connectivity index (χ4n) is 6.82. The largest absolute Gasteiger partial charge is 0.357 e. The van der Waals surface area contributed by atoms with Crippen molar-refractivity contribution in [3.05, 3.63) is 114 Å². The third-order valence-electron chi connectivity index (χ3n) is 9.39. The maximum absolute atomic E-state index is 14.2. The van der Waals surface area contributed by atoms with Crippen LogP contribution in [0.15, 0.2) is 75.2 Å². The highest BCUT2D eigenvalue weighted by molar-refractivity contribution is 8.27. The summed E-state index contributed by atoms with van der Waals surface area (Å²) < 4.78 is 5.20. The summed E-state index contributed by atoms with van der Waals surface area (Å²) in [7, 11) is 1.78. The molecule has 0 radical (unpaired) electrons. The zero-order valence-corrected chi connectivity index (χ0v) is 29.2. The van der Waals surface area contributed by atoms with Gasteiger partial charge < -0.3 is 4.90 Å². The molecule has 4 aromatic rings. The maximum atomic E-state index is 14.2. The lowest BCUT2D eigenvalue weighted by molar-refractivity contribution is -0.113. The lowest BCUT2D eigenvalue weighted by Crippen LogP contribution is -2.40. The fourth-order valence-corrected chi connectivity index (χ4v) is 8.07. The van der Waals surface area contributed by atoms with Crippen molar-refractivity contribution >= 4 is 51.8 Å². The number of nitrogens with zero attached hydrogens (tertiary/aromatic N) is 6. The van der Waals surface area contributed by atoms with Crippen molar-refractivity contribution in [2.75, 3.05) is 22.9 Å². The highest BCUT2D eigenvalue weighted by atomic mass is 32.2. The number of hydrogen-bond acceptors (Lipinski definition) is 7. The lowest BCUT2D eigenvalue weighted by atomic mass is 9.90. The van der Waals surface area contributed by atoms with Crippen molar-refractivity contribution in [1.82, 2.24) is 13.9 Å². The summed E-state index contributed by atoms with van der Waals surface area (Å²) in [5.74, 6) is 0.835. The Morgan fingerprint density at radius 2 is 1.62 bits per heavy atom. The molecule has 9 nitrogen and oxygen atoms in total. The Morgan fingerprint density at radius 3 is 2.25 bits per heavy atom. The third kappa shape index (κ3) is 5.95. The van der Waals surface area contributed by atoms with Crippen LogP contribution in [0.2, 0.25) is 0 Å². The van der Waals surface area contributed by atoms with Gasteiger partial charge in [-0.25, -0.2) is 4.68 Å². The summed E-state index contributed by atoms with van der Waals surface area (Å²) in [4.78, 5) is 45.6. The molecule has 2 aromatic carbocycles. The summed E-state index contributed by atoms with van der Waals surface area (Å²) in [6, 6.07) is 21.9. The van der Waals surface area contributed by atoms with Gasteiger partial charge in [-0.15, -0.1) is 0 Å². The number of rotatable bonds is 8. The molecule has 0 aliphatic carbocycles. The van der Waals surface area contributed by atoms with Crippen LogP contribution in [0.5, 0.6) is 0 Å². The average molecular weight is 679 g/mol. The molecule has 11 heteroatoms. The van der Waals surface area contributed by atoms with E-state index >= 15 is 0 Å². The van der Waals surface area contributed by atoms with Crippen LogP contribution in [0.3, 0.4) is 0 Å². The molecule has 0 atom stereocenters. The Morgan fingerprint density at radius 1 is 0.979 bits per heavy atom. The van der Waals surface area contributed by atoms with E-state index < -0.39 is 5.91 Å². The molecule has 48 heavy (non-hydrogen) atoms. The summed E-state index contributed by atoms with van der Waals surface area (Å²) in [5, 5.41) is 10.1. The van der Waals surface area contributed by atoms with E-state index in [0.29, 0.717) is 46.3 Å². The Bertz CT molecular complexity index is 2080. The fraction of sp³-hybridized carbons (Fsp3) is 0.324. The Labute approximate surface area is 289 Å². The standard InChI is InChI=1S/C37H38N6O3S2/c1-5-18-41-33(40-19-16-27(17-20-40)21-26-12-8-6-9-13-26)29(24(2)30(23-38)34(41)44)22-31-35(45)42(37(47)48-31)32-25(3)39(4)43(36(32)46)28-14-10-7-11-15-28/h6-15,22,27H,5,16-21H2,1-4H3/b31-22-. The number of amides is 1. The van der Waals surface area contributed by atoms with Crippen LogP contribution in [0.4, 0.5) is 11.5 Å². The van der Waals surface area contributed by atoms with E-state index in [2.05, 4.69) is 35.2 Å². The van der Waals surface area contributed by atoms with Gasteiger partial charge in [0.1, 0.15) is 23.1 Å². The molecule has 0 spiro atoms. The molecule has 2 saturated heterocycles. The zero-order valence-electron chi connectivity index (χ0n) is 27.6. The van der Waals surface area contributed by atoms with Crippen LogP contribution < -0.4 is 20.9 Å². The summed E-state index contributed by atoms with van der Waals surface area (Å²) in [6.07, 6.45) is 5.38. The minimum Gasteiger partial charge on any atom is -0.357 e. The summed E-state index contributed by atoms with van der Waals surface area (Å²) in [5.41, 5.74) is 3.39. The summed E-state index contributed by atoms with van der Waals surface area (Å²) in [6.45, 7) is 7.50. The molecule has 2 aliphatic heterocycles. The number of piperidine rings is 1. The molecule has 0 unspecified atom stereocenters. The molecule has 2 aromatic heterocycles. The van der Waals surface area contributed by atoms with Crippen LogP contribution in [0.1, 0.15) is 54.1 Å². The average Bonchev–Trinajstić information content (AvgIpc) is 3.48. The van der Waals surface area contributed by atoms with E-state index in [1.165, 1.54) is 15.1 Å². The molecule has 246 valence electrons. The van der Waals surface area contributed by atoms with Gasteiger partial charge in [0.05, 0.1) is 16.3 Å². The van der Waals surface area contributed by atoms with Crippen molar-refractivity contribution in [2.24, 2.45) is 13.0 Å². The molecule has 0 bridgehead atoms. The van der Waals surface area contributed by atoms with Crippen LogP contribution >= 0.6 is 24.0 Å². The van der Waals surface area contributed by atoms with Gasteiger partial charge in [-0.1, -0.05) is 79.4 Å². The Kier molecular flexibility index (Phi) is 9.58.